The summed E-state index contributed by atoms with van der Waals surface area (Å²) in [6.07, 6.45) is 0.934. The summed E-state index contributed by atoms with van der Waals surface area (Å²) in [4.78, 5) is 31.3. The lowest BCUT2D eigenvalue weighted by Gasteiger charge is -2.36. The molecule has 7 nitrogen and oxygen atoms in total. The molecule has 2 rings (SSSR count). The van der Waals surface area contributed by atoms with Gasteiger partial charge in [-0.1, -0.05) is 13.8 Å². The van der Waals surface area contributed by atoms with E-state index in [0.717, 1.165) is 5.82 Å². The number of rotatable bonds is 6. The topological polar surface area (TPSA) is 83.0 Å². The Balaban J connectivity index is 1.86. The molecule has 7 heteroatoms. The van der Waals surface area contributed by atoms with Crippen molar-refractivity contribution in [1.82, 2.24) is 9.88 Å². The Labute approximate surface area is 142 Å². The maximum absolute atomic E-state index is 12.4. The van der Waals surface area contributed by atoms with E-state index in [4.69, 9.17) is 9.84 Å². The first-order chi connectivity index (χ1) is 11.4. The first kappa shape index (κ1) is 18.2. The van der Waals surface area contributed by atoms with E-state index in [1.807, 2.05) is 4.90 Å². The lowest BCUT2D eigenvalue weighted by molar-refractivity contribution is -0.143. The molecule has 0 saturated carbocycles. The van der Waals surface area contributed by atoms with Crippen LogP contribution in [0.4, 0.5) is 5.82 Å². The van der Waals surface area contributed by atoms with Crippen molar-refractivity contribution in [3.05, 3.63) is 23.9 Å². The number of carbonyl (C=O) groups excluding carboxylic acids is 1. The van der Waals surface area contributed by atoms with Gasteiger partial charge in [0.05, 0.1) is 5.56 Å². The van der Waals surface area contributed by atoms with Gasteiger partial charge in [0.15, 0.2) is 0 Å². The third-order valence-corrected chi connectivity index (χ3v) is 3.94. The number of carboxylic acids is 1. The van der Waals surface area contributed by atoms with Crippen LogP contribution in [0.1, 0.15) is 31.1 Å². The summed E-state index contributed by atoms with van der Waals surface area (Å²) in [6, 6.07) is 3.25. The van der Waals surface area contributed by atoms with E-state index in [0.29, 0.717) is 38.7 Å². The highest BCUT2D eigenvalue weighted by atomic mass is 16.5. The Bertz CT molecular complexity index is 566. The molecule has 1 aliphatic heterocycles. The number of piperazine rings is 1. The minimum Gasteiger partial charge on any atom is -0.478 e. The molecular formula is C17H25N3O4. The van der Waals surface area contributed by atoms with Crippen LogP contribution in [0.25, 0.3) is 0 Å². The summed E-state index contributed by atoms with van der Waals surface area (Å²) in [5.41, 5.74) is 0.170. The van der Waals surface area contributed by atoms with Crippen LogP contribution < -0.4 is 4.90 Å². The van der Waals surface area contributed by atoms with Crippen LogP contribution in [0.3, 0.4) is 0 Å². The smallest absolute Gasteiger partial charge is 0.337 e. The summed E-state index contributed by atoms with van der Waals surface area (Å²) in [5.74, 6) is 0.164. The Morgan fingerprint density at radius 1 is 1.21 bits per heavy atom. The van der Waals surface area contributed by atoms with Crippen molar-refractivity contribution < 1.29 is 19.4 Å². The zero-order valence-corrected chi connectivity index (χ0v) is 14.4. The largest absolute Gasteiger partial charge is 0.478 e. The molecule has 0 aliphatic carbocycles. The highest BCUT2D eigenvalue weighted by molar-refractivity contribution is 5.87. The first-order valence-electron chi connectivity index (χ1n) is 8.23. The van der Waals surface area contributed by atoms with Gasteiger partial charge in [0.25, 0.3) is 5.91 Å². The van der Waals surface area contributed by atoms with Crippen molar-refractivity contribution in [3.8, 4) is 0 Å². The van der Waals surface area contributed by atoms with E-state index in [1.54, 1.807) is 19.1 Å². The van der Waals surface area contributed by atoms with Crippen LogP contribution in [-0.2, 0) is 9.53 Å². The molecule has 1 saturated heterocycles. The fourth-order valence-electron chi connectivity index (χ4n) is 2.52. The number of hydrogen-bond donors (Lipinski definition) is 1. The van der Waals surface area contributed by atoms with Gasteiger partial charge in [0.1, 0.15) is 11.9 Å². The maximum atomic E-state index is 12.4. The van der Waals surface area contributed by atoms with Crippen molar-refractivity contribution >= 4 is 17.7 Å². The number of carbonyl (C=O) groups is 2. The summed E-state index contributed by atoms with van der Waals surface area (Å²) in [6.45, 7) is 9.03. The van der Waals surface area contributed by atoms with Crippen LogP contribution in [0.15, 0.2) is 18.3 Å². The first-order valence-corrected chi connectivity index (χ1v) is 8.23. The van der Waals surface area contributed by atoms with Gasteiger partial charge in [0, 0.05) is 39.0 Å². The van der Waals surface area contributed by atoms with Gasteiger partial charge in [-0.15, -0.1) is 0 Å². The number of anilines is 1. The molecule has 1 N–H and O–H groups in total. The van der Waals surface area contributed by atoms with E-state index in [9.17, 15) is 9.59 Å². The summed E-state index contributed by atoms with van der Waals surface area (Å²) < 4.78 is 5.59. The summed E-state index contributed by atoms with van der Waals surface area (Å²) >= 11 is 0. The van der Waals surface area contributed by atoms with Crippen LogP contribution in [-0.4, -0.2) is 65.8 Å². The highest BCUT2D eigenvalue weighted by Crippen LogP contribution is 2.15. The van der Waals surface area contributed by atoms with Crippen molar-refractivity contribution in [2.45, 2.75) is 26.9 Å². The van der Waals surface area contributed by atoms with Gasteiger partial charge in [-0.25, -0.2) is 9.78 Å². The zero-order chi connectivity index (χ0) is 17.7. The number of nitrogens with zero attached hydrogens (tertiary/aromatic N) is 3. The van der Waals surface area contributed by atoms with Gasteiger partial charge in [-0.3, -0.25) is 4.79 Å². The van der Waals surface area contributed by atoms with Gasteiger partial charge in [0.2, 0.25) is 0 Å². The lowest BCUT2D eigenvalue weighted by Crippen LogP contribution is -2.51. The van der Waals surface area contributed by atoms with Gasteiger partial charge in [-0.2, -0.15) is 0 Å². The van der Waals surface area contributed by atoms with Crippen LogP contribution in [0.2, 0.25) is 0 Å². The minimum absolute atomic E-state index is 0.0180. The molecule has 1 fully saturated rings. The van der Waals surface area contributed by atoms with Crippen molar-refractivity contribution in [2.75, 3.05) is 37.7 Å². The summed E-state index contributed by atoms with van der Waals surface area (Å²) in [7, 11) is 0. The fraction of sp³-hybridized carbons (Fsp3) is 0.588. The average Bonchev–Trinajstić information content (AvgIpc) is 2.59. The normalized spacial score (nSPS) is 16.3. The van der Waals surface area contributed by atoms with E-state index < -0.39 is 12.1 Å². The van der Waals surface area contributed by atoms with E-state index in [1.165, 1.54) is 6.20 Å². The van der Waals surface area contributed by atoms with Gasteiger partial charge < -0.3 is 19.6 Å². The predicted molar refractivity (Wildman–Crippen MR) is 90.2 cm³/mol. The Morgan fingerprint density at radius 3 is 2.38 bits per heavy atom. The molecule has 1 aliphatic rings. The second-order valence-corrected chi connectivity index (χ2v) is 6.39. The summed E-state index contributed by atoms with van der Waals surface area (Å²) in [5, 5.41) is 8.90. The van der Waals surface area contributed by atoms with Crippen LogP contribution >= 0.6 is 0 Å². The number of amides is 1. The average molecular weight is 335 g/mol. The monoisotopic (exact) mass is 335 g/mol. The van der Waals surface area contributed by atoms with Crippen LogP contribution in [0, 0.1) is 5.92 Å². The molecule has 0 radical (unpaired) electrons. The van der Waals surface area contributed by atoms with Gasteiger partial charge in [-0.05, 0) is 25.0 Å². The second kappa shape index (κ2) is 8.10. The molecule has 1 atom stereocenters. The third-order valence-electron chi connectivity index (χ3n) is 3.94. The molecule has 1 amide bonds. The molecule has 132 valence electrons. The van der Waals surface area contributed by atoms with Crippen molar-refractivity contribution in [2.24, 2.45) is 5.92 Å². The molecule has 0 aromatic carbocycles. The molecule has 24 heavy (non-hydrogen) atoms. The Kier molecular flexibility index (Phi) is 6.14. The van der Waals surface area contributed by atoms with Crippen molar-refractivity contribution in [3.63, 3.8) is 0 Å². The molecule has 1 aromatic heterocycles. The standard InChI is InChI=1S/C17H25N3O4/c1-12(2)11-24-13(3)16(21)20-8-6-19(7-9-20)15-5-4-14(10-18-15)17(22)23/h4-5,10,12-13H,6-9,11H2,1-3H3,(H,22,23). The zero-order valence-electron chi connectivity index (χ0n) is 14.4. The van der Waals surface area contributed by atoms with Crippen LogP contribution in [0.5, 0.6) is 0 Å². The molecule has 0 spiro atoms. The second-order valence-electron chi connectivity index (χ2n) is 6.39. The van der Waals surface area contributed by atoms with Crippen molar-refractivity contribution in [1.29, 1.82) is 0 Å². The number of aromatic nitrogens is 1. The molecule has 1 unspecified atom stereocenters. The Hall–Kier alpha value is -2.15. The lowest BCUT2D eigenvalue weighted by atomic mass is 10.2. The molecular weight excluding hydrogens is 310 g/mol. The highest BCUT2D eigenvalue weighted by Gasteiger charge is 2.26. The maximum Gasteiger partial charge on any atom is 0.337 e. The number of aromatic carboxylic acids is 1. The number of ether oxygens (including phenoxy) is 1. The van der Waals surface area contributed by atoms with E-state index in [-0.39, 0.29) is 11.5 Å². The predicted octanol–water partition coefficient (Wildman–Crippen LogP) is 1.49. The van der Waals surface area contributed by atoms with E-state index >= 15 is 0 Å². The SMILES string of the molecule is CC(C)COC(C)C(=O)N1CCN(c2ccc(C(=O)O)cn2)CC1. The molecule has 1 aromatic rings. The number of pyridine rings is 1. The number of hydrogen-bond acceptors (Lipinski definition) is 5. The quantitative estimate of drug-likeness (QED) is 0.848. The molecule has 0 bridgehead atoms. The third kappa shape index (κ3) is 4.67. The minimum atomic E-state index is -0.986. The number of carboxylic acid groups (broad SMARTS) is 1. The Morgan fingerprint density at radius 2 is 1.88 bits per heavy atom. The molecule has 2 heterocycles. The van der Waals surface area contributed by atoms with Gasteiger partial charge >= 0.3 is 5.97 Å². The fourth-order valence-corrected chi connectivity index (χ4v) is 2.52. The van der Waals surface area contributed by atoms with E-state index in [2.05, 4.69) is 23.7 Å².